The molecule has 14 heteroatoms. The Labute approximate surface area is 175 Å². The summed E-state index contributed by atoms with van der Waals surface area (Å²) in [6.07, 6.45) is -4.65. The number of methoxy groups -OCH3 is 1. The van der Waals surface area contributed by atoms with E-state index in [1.54, 1.807) is 10.0 Å². The first-order valence-electron chi connectivity index (χ1n) is 9.24. The normalized spacial score (nSPS) is 25.8. The van der Waals surface area contributed by atoms with Gasteiger partial charge < -0.3 is 25.2 Å². The van der Waals surface area contributed by atoms with Crippen LogP contribution in [0.15, 0.2) is 0 Å². The molecule has 1 saturated heterocycles. The Morgan fingerprint density at radius 3 is 2.70 bits per heavy atom. The van der Waals surface area contributed by atoms with Gasteiger partial charge in [-0.15, -0.1) is 14.8 Å². The molecule has 2 aromatic heterocycles. The van der Waals surface area contributed by atoms with Crippen LogP contribution in [0.1, 0.15) is 25.8 Å². The highest BCUT2D eigenvalue weighted by Gasteiger charge is 2.60. The minimum Gasteiger partial charge on any atom is -0.467 e. The number of hydrogen-bond acceptors (Lipinski definition) is 12. The third kappa shape index (κ3) is 2.77. The van der Waals surface area contributed by atoms with E-state index in [2.05, 4.69) is 20.6 Å². The topological polar surface area (TPSA) is 170 Å². The van der Waals surface area contributed by atoms with Gasteiger partial charge in [0.25, 0.3) is 0 Å². The highest BCUT2D eigenvalue weighted by atomic mass is 35.5. The fraction of sp³-hybridized carbons (Fsp3) is 0.688. The zero-order valence-corrected chi connectivity index (χ0v) is 17.2. The van der Waals surface area contributed by atoms with Gasteiger partial charge in [0.15, 0.2) is 5.15 Å². The molecule has 0 spiro atoms. The number of tetrazole rings is 1. The van der Waals surface area contributed by atoms with E-state index in [9.17, 15) is 20.1 Å². The van der Waals surface area contributed by atoms with Gasteiger partial charge in [0.05, 0.1) is 37.0 Å². The van der Waals surface area contributed by atoms with Gasteiger partial charge in [0.1, 0.15) is 23.9 Å². The number of hydrogen-bond donors (Lipinski definition) is 4. The molecule has 2 aliphatic heterocycles. The van der Waals surface area contributed by atoms with Crippen LogP contribution in [0, 0.1) is 0 Å². The molecule has 0 amide bonds. The van der Waals surface area contributed by atoms with E-state index in [-0.39, 0.29) is 11.6 Å². The SMILES string of the molecule is COC(=O)[C@@H]1C[C@@H]([C@H](O)[C@H](O)[C@H](O)CO)N2N1c1c(Cl)nn3nnnc3c1C2(C)C. The molecule has 0 aliphatic carbocycles. The van der Waals surface area contributed by atoms with E-state index in [0.717, 1.165) is 0 Å². The molecular weight excluding hydrogens is 422 g/mol. The van der Waals surface area contributed by atoms with Crippen LogP contribution in [-0.2, 0) is 15.1 Å². The van der Waals surface area contributed by atoms with Crippen LogP contribution in [-0.4, -0.2) is 101 Å². The second kappa shape index (κ2) is 7.21. The number of hydrazine groups is 1. The fourth-order valence-corrected chi connectivity index (χ4v) is 4.74. The number of aliphatic hydroxyl groups excluding tert-OH is 4. The molecule has 4 N–H and O–H groups in total. The molecule has 0 aromatic carbocycles. The summed E-state index contributed by atoms with van der Waals surface area (Å²) in [7, 11) is 1.24. The first-order chi connectivity index (χ1) is 14.1. The Hall–Kier alpha value is -2.16. The number of rotatable bonds is 5. The largest absolute Gasteiger partial charge is 0.467 e. The molecule has 30 heavy (non-hydrogen) atoms. The third-order valence-electron chi connectivity index (χ3n) is 5.81. The van der Waals surface area contributed by atoms with Crippen LogP contribution >= 0.6 is 11.6 Å². The second-order valence-electron chi connectivity index (χ2n) is 7.83. The lowest BCUT2D eigenvalue weighted by Gasteiger charge is -2.40. The number of aliphatic hydroxyl groups is 4. The molecule has 1 fully saturated rings. The highest BCUT2D eigenvalue weighted by molar-refractivity contribution is 6.32. The summed E-state index contributed by atoms with van der Waals surface area (Å²) in [5.41, 5.74) is 0.402. The van der Waals surface area contributed by atoms with Crippen LogP contribution in [0.25, 0.3) is 5.65 Å². The Balaban J connectivity index is 1.89. The first kappa shape index (κ1) is 21.1. The quantitative estimate of drug-likeness (QED) is 0.369. The van der Waals surface area contributed by atoms with Crippen molar-refractivity contribution in [1.82, 2.24) is 30.3 Å². The average Bonchev–Trinajstić information content (AvgIpc) is 3.39. The number of carbonyl (C=O) groups is 1. The van der Waals surface area contributed by atoms with Crippen molar-refractivity contribution >= 4 is 28.9 Å². The second-order valence-corrected chi connectivity index (χ2v) is 8.19. The van der Waals surface area contributed by atoms with Crippen LogP contribution in [0.5, 0.6) is 0 Å². The van der Waals surface area contributed by atoms with Gasteiger partial charge in [0, 0.05) is 6.42 Å². The first-order valence-corrected chi connectivity index (χ1v) is 9.62. The van der Waals surface area contributed by atoms with Crippen molar-refractivity contribution in [2.75, 3.05) is 18.7 Å². The maximum atomic E-state index is 12.6. The summed E-state index contributed by atoms with van der Waals surface area (Å²) in [4.78, 5) is 12.6. The van der Waals surface area contributed by atoms with Gasteiger partial charge in [0.2, 0.25) is 5.65 Å². The van der Waals surface area contributed by atoms with Gasteiger partial charge >= 0.3 is 5.97 Å². The summed E-state index contributed by atoms with van der Waals surface area (Å²) < 4.78 is 6.12. The Morgan fingerprint density at radius 1 is 1.37 bits per heavy atom. The molecule has 13 nitrogen and oxygen atoms in total. The maximum Gasteiger partial charge on any atom is 0.330 e. The molecule has 164 valence electrons. The molecule has 2 aromatic rings. The minimum atomic E-state index is -1.65. The third-order valence-corrected chi connectivity index (χ3v) is 6.07. The smallest absolute Gasteiger partial charge is 0.330 e. The van der Waals surface area contributed by atoms with E-state index in [0.29, 0.717) is 16.9 Å². The molecule has 5 atom stereocenters. The van der Waals surface area contributed by atoms with Crippen LogP contribution in [0.3, 0.4) is 0 Å². The minimum absolute atomic E-state index is 0.0420. The van der Waals surface area contributed by atoms with E-state index < -0.39 is 48.5 Å². The zero-order chi connectivity index (χ0) is 22.0. The number of carbonyl (C=O) groups excluding carboxylic acids is 1. The molecule has 0 bridgehead atoms. The fourth-order valence-electron chi connectivity index (χ4n) is 4.49. The Kier molecular flexibility index (Phi) is 5.07. The number of anilines is 1. The molecule has 0 saturated carbocycles. The van der Waals surface area contributed by atoms with Crippen molar-refractivity contribution in [3.05, 3.63) is 10.7 Å². The molecule has 2 aliphatic rings. The van der Waals surface area contributed by atoms with Gasteiger partial charge in [-0.3, -0.25) is 5.01 Å². The summed E-state index contributed by atoms with van der Waals surface area (Å²) in [5.74, 6) is -0.578. The van der Waals surface area contributed by atoms with Crippen LogP contribution in [0.2, 0.25) is 5.15 Å². The van der Waals surface area contributed by atoms with Gasteiger partial charge in [-0.05, 0) is 24.3 Å². The Morgan fingerprint density at radius 2 is 2.07 bits per heavy atom. The van der Waals surface area contributed by atoms with Crippen molar-refractivity contribution in [2.24, 2.45) is 0 Å². The van der Waals surface area contributed by atoms with E-state index in [1.807, 2.05) is 13.8 Å². The van der Waals surface area contributed by atoms with Gasteiger partial charge in [-0.2, -0.15) is 0 Å². The van der Waals surface area contributed by atoms with Crippen molar-refractivity contribution < 1.29 is 30.0 Å². The van der Waals surface area contributed by atoms with E-state index in [4.69, 9.17) is 21.4 Å². The van der Waals surface area contributed by atoms with Gasteiger partial charge in [-0.1, -0.05) is 11.6 Å². The van der Waals surface area contributed by atoms with E-state index in [1.165, 1.54) is 11.7 Å². The standard InChI is InChI=1S/C16H22ClN7O6/c1-16(2)9-10(13(17)19-24-14(9)18-20-21-24)22-7(15(29)30-3)4-6(23(16)22)11(27)12(28)8(26)5-25/h6-8,11-12,25-28H,4-5H2,1-3H3/t6-,7-,8+,11-,12+/m0/s1. The monoisotopic (exact) mass is 443 g/mol. The number of nitrogens with zero attached hydrogens (tertiary/aromatic N) is 7. The highest BCUT2D eigenvalue weighted by Crippen LogP contribution is 2.54. The van der Waals surface area contributed by atoms with Crippen molar-refractivity contribution in [3.8, 4) is 0 Å². The molecule has 0 unspecified atom stereocenters. The number of halogens is 1. The van der Waals surface area contributed by atoms with Crippen molar-refractivity contribution in [3.63, 3.8) is 0 Å². The average molecular weight is 444 g/mol. The maximum absolute atomic E-state index is 12.6. The molecule has 4 rings (SSSR count). The summed E-state index contributed by atoms with van der Waals surface area (Å²) in [5, 5.41) is 59.1. The van der Waals surface area contributed by atoms with Crippen molar-refractivity contribution in [1.29, 1.82) is 0 Å². The molecular formula is C16H22ClN7O6. The van der Waals surface area contributed by atoms with Gasteiger partial charge in [-0.25, -0.2) is 9.80 Å². The Bertz CT molecular complexity index is 986. The van der Waals surface area contributed by atoms with Crippen molar-refractivity contribution in [2.45, 2.75) is 56.2 Å². The number of aromatic nitrogens is 5. The molecule has 0 radical (unpaired) electrons. The van der Waals surface area contributed by atoms with Crippen LogP contribution < -0.4 is 5.01 Å². The predicted octanol–water partition coefficient (Wildman–Crippen LogP) is -2.17. The summed E-state index contributed by atoms with van der Waals surface area (Å²) in [6.45, 7) is 2.91. The molecule has 4 heterocycles. The summed E-state index contributed by atoms with van der Waals surface area (Å²) >= 11 is 6.44. The lowest BCUT2D eigenvalue weighted by molar-refractivity contribution is -0.142. The number of esters is 1. The lowest BCUT2D eigenvalue weighted by Crippen LogP contribution is -2.56. The zero-order valence-electron chi connectivity index (χ0n) is 16.4. The summed E-state index contributed by atoms with van der Waals surface area (Å²) in [6, 6.07) is -1.72. The lowest BCUT2D eigenvalue weighted by atomic mass is 9.89. The number of ether oxygens (including phenoxy) is 1. The predicted molar refractivity (Wildman–Crippen MR) is 100 cm³/mol. The van der Waals surface area contributed by atoms with Crippen LogP contribution in [0.4, 0.5) is 5.69 Å². The number of fused-ring (bicyclic) bond motifs is 5. The van der Waals surface area contributed by atoms with E-state index >= 15 is 0 Å².